The normalized spacial score (nSPS) is 22.1. The number of aromatic nitrogens is 2. The zero-order valence-corrected chi connectivity index (χ0v) is 14.4. The van der Waals surface area contributed by atoms with E-state index in [1.54, 1.807) is 0 Å². The third-order valence-electron chi connectivity index (χ3n) is 5.26. The van der Waals surface area contributed by atoms with Crippen LogP contribution in [-0.2, 0) is 0 Å². The van der Waals surface area contributed by atoms with E-state index in [9.17, 15) is 4.79 Å². The summed E-state index contributed by atoms with van der Waals surface area (Å²) >= 11 is 1.54. The number of aryl methyl sites for hydroxylation is 1. The van der Waals surface area contributed by atoms with Crippen molar-refractivity contribution in [1.82, 2.24) is 14.5 Å². The molecule has 2 aliphatic rings. The summed E-state index contributed by atoms with van der Waals surface area (Å²) in [6, 6.07) is 4.26. The maximum absolute atomic E-state index is 12.7. The van der Waals surface area contributed by atoms with Crippen LogP contribution in [0.1, 0.15) is 65.3 Å². The van der Waals surface area contributed by atoms with Crippen molar-refractivity contribution in [3.05, 3.63) is 40.1 Å². The molecule has 1 saturated carbocycles. The Morgan fingerprint density at radius 1 is 1.30 bits per heavy atom. The average Bonchev–Trinajstić information content (AvgIpc) is 3.15. The second kappa shape index (κ2) is 6.11. The SMILES string of the molecule is Cc1cnc(C2CCC2)n1C1CCCN(C(=O)c2cccs2)C1. The average molecular weight is 329 g/mol. The number of amides is 1. The van der Waals surface area contributed by atoms with Crippen LogP contribution < -0.4 is 0 Å². The molecule has 3 heterocycles. The summed E-state index contributed by atoms with van der Waals surface area (Å²) in [5.41, 5.74) is 1.24. The summed E-state index contributed by atoms with van der Waals surface area (Å²) < 4.78 is 2.43. The van der Waals surface area contributed by atoms with Gasteiger partial charge in [-0.25, -0.2) is 4.98 Å². The number of carbonyl (C=O) groups is 1. The Balaban J connectivity index is 1.56. The van der Waals surface area contributed by atoms with E-state index in [-0.39, 0.29) is 5.91 Å². The van der Waals surface area contributed by atoms with Crippen LogP contribution in [-0.4, -0.2) is 33.4 Å². The summed E-state index contributed by atoms with van der Waals surface area (Å²) in [4.78, 5) is 20.2. The Morgan fingerprint density at radius 2 is 2.17 bits per heavy atom. The van der Waals surface area contributed by atoms with Gasteiger partial charge < -0.3 is 9.47 Å². The number of carbonyl (C=O) groups excluding carboxylic acids is 1. The molecule has 23 heavy (non-hydrogen) atoms. The van der Waals surface area contributed by atoms with Crippen LogP contribution in [0.25, 0.3) is 0 Å². The first-order valence-corrected chi connectivity index (χ1v) is 9.48. The van der Waals surface area contributed by atoms with Crippen molar-refractivity contribution in [1.29, 1.82) is 0 Å². The number of rotatable bonds is 3. The molecule has 1 aliphatic carbocycles. The smallest absolute Gasteiger partial charge is 0.263 e. The lowest BCUT2D eigenvalue weighted by molar-refractivity contribution is 0.0680. The first kappa shape index (κ1) is 14.9. The fraction of sp³-hybridized carbons (Fsp3) is 0.556. The monoisotopic (exact) mass is 329 g/mol. The number of nitrogens with zero attached hydrogens (tertiary/aromatic N) is 3. The van der Waals surface area contributed by atoms with Crippen molar-refractivity contribution >= 4 is 17.2 Å². The van der Waals surface area contributed by atoms with Gasteiger partial charge in [0.15, 0.2) is 0 Å². The van der Waals surface area contributed by atoms with E-state index in [1.165, 1.54) is 42.1 Å². The maximum atomic E-state index is 12.7. The molecule has 1 aliphatic heterocycles. The Labute approximate surface area is 141 Å². The Hall–Kier alpha value is -1.62. The van der Waals surface area contributed by atoms with E-state index in [4.69, 9.17) is 4.98 Å². The predicted molar refractivity (Wildman–Crippen MR) is 92.0 cm³/mol. The van der Waals surface area contributed by atoms with Gasteiger partial charge in [-0.15, -0.1) is 11.3 Å². The molecule has 2 aromatic rings. The van der Waals surface area contributed by atoms with Gasteiger partial charge in [-0.3, -0.25) is 4.79 Å². The van der Waals surface area contributed by atoms with Gasteiger partial charge in [0.25, 0.3) is 5.91 Å². The van der Waals surface area contributed by atoms with Crippen molar-refractivity contribution in [3.8, 4) is 0 Å². The van der Waals surface area contributed by atoms with Crippen LogP contribution in [0.15, 0.2) is 23.7 Å². The summed E-state index contributed by atoms with van der Waals surface area (Å²) in [5.74, 6) is 2.07. The molecule has 0 aromatic carbocycles. The number of piperidine rings is 1. The molecule has 0 radical (unpaired) electrons. The number of thiophene rings is 1. The lowest BCUT2D eigenvalue weighted by Crippen LogP contribution is -2.41. The molecule has 122 valence electrons. The van der Waals surface area contributed by atoms with E-state index in [2.05, 4.69) is 11.5 Å². The van der Waals surface area contributed by atoms with Crippen LogP contribution in [0, 0.1) is 6.92 Å². The molecule has 1 atom stereocenters. The second-order valence-electron chi connectivity index (χ2n) is 6.78. The van der Waals surface area contributed by atoms with E-state index >= 15 is 0 Å². The predicted octanol–water partition coefficient (Wildman–Crippen LogP) is 4.00. The van der Waals surface area contributed by atoms with Crippen LogP contribution in [0.4, 0.5) is 0 Å². The lowest BCUT2D eigenvalue weighted by atomic mass is 9.84. The van der Waals surface area contributed by atoms with Crippen LogP contribution >= 0.6 is 11.3 Å². The zero-order valence-electron chi connectivity index (χ0n) is 13.6. The van der Waals surface area contributed by atoms with E-state index in [0.717, 1.165) is 30.8 Å². The molecule has 4 rings (SSSR count). The largest absolute Gasteiger partial charge is 0.336 e. The van der Waals surface area contributed by atoms with Gasteiger partial charge in [-0.1, -0.05) is 12.5 Å². The molecule has 1 amide bonds. The molecule has 0 bridgehead atoms. The Bertz CT molecular complexity index is 687. The minimum Gasteiger partial charge on any atom is -0.336 e. The minimum atomic E-state index is 0.188. The highest BCUT2D eigenvalue weighted by molar-refractivity contribution is 7.12. The highest BCUT2D eigenvalue weighted by Gasteiger charge is 2.31. The first-order chi connectivity index (χ1) is 11.2. The van der Waals surface area contributed by atoms with Gasteiger partial charge >= 0.3 is 0 Å². The molecule has 2 fully saturated rings. The molecule has 1 saturated heterocycles. The van der Waals surface area contributed by atoms with Gasteiger partial charge in [0, 0.05) is 30.9 Å². The molecule has 4 nitrogen and oxygen atoms in total. The van der Waals surface area contributed by atoms with Gasteiger partial charge in [0.1, 0.15) is 5.82 Å². The quantitative estimate of drug-likeness (QED) is 0.854. The molecule has 1 unspecified atom stereocenters. The lowest BCUT2D eigenvalue weighted by Gasteiger charge is -2.36. The highest BCUT2D eigenvalue weighted by Crippen LogP contribution is 2.38. The number of hydrogen-bond acceptors (Lipinski definition) is 3. The summed E-state index contributed by atoms with van der Waals surface area (Å²) in [5, 5.41) is 1.98. The van der Waals surface area contributed by atoms with Crippen molar-refractivity contribution in [2.45, 2.75) is 51.0 Å². The van der Waals surface area contributed by atoms with Gasteiger partial charge in [0.2, 0.25) is 0 Å². The van der Waals surface area contributed by atoms with E-state index in [0.29, 0.717) is 12.0 Å². The minimum absolute atomic E-state index is 0.188. The zero-order chi connectivity index (χ0) is 15.8. The Morgan fingerprint density at radius 3 is 2.87 bits per heavy atom. The molecular formula is C18H23N3OS. The van der Waals surface area contributed by atoms with Crippen molar-refractivity contribution < 1.29 is 4.79 Å². The van der Waals surface area contributed by atoms with E-state index in [1.807, 2.05) is 28.6 Å². The highest BCUT2D eigenvalue weighted by atomic mass is 32.1. The molecule has 2 aromatic heterocycles. The van der Waals surface area contributed by atoms with Crippen molar-refractivity contribution in [3.63, 3.8) is 0 Å². The second-order valence-corrected chi connectivity index (χ2v) is 7.73. The third-order valence-corrected chi connectivity index (χ3v) is 6.12. The van der Waals surface area contributed by atoms with Crippen molar-refractivity contribution in [2.75, 3.05) is 13.1 Å². The topological polar surface area (TPSA) is 38.1 Å². The summed E-state index contributed by atoms with van der Waals surface area (Å²) in [7, 11) is 0. The molecule has 5 heteroatoms. The molecule has 0 N–H and O–H groups in total. The fourth-order valence-electron chi connectivity index (χ4n) is 3.81. The number of likely N-dealkylation sites (tertiary alicyclic amines) is 1. The standard InChI is InChI=1S/C18H23N3OS/c1-13-11-19-17(14-5-2-6-14)21(13)15-7-3-9-20(12-15)18(22)16-8-4-10-23-16/h4,8,10-11,14-15H,2-3,5-7,9,12H2,1H3. The van der Waals surface area contributed by atoms with Crippen LogP contribution in [0.3, 0.4) is 0 Å². The summed E-state index contributed by atoms with van der Waals surface area (Å²) in [6.45, 7) is 3.84. The van der Waals surface area contributed by atoms with E-state index < -0.39 is 0 Å². The van der Waals surface area contributed by atoms with Gasteiger partial charge in [-0.05, 0) is 44.1 Å². The first-order valence-electron chi connectivity index (χ1n) is 8.60. The fourth-order valence-corrected chi connectivity index (χ4v) is 4.51. The Kier molecular flexibility index (Phi) is 3.97. The maximum Gasteiger partial charge on any atom is 0.263 e. The third kappa shape index (κ3) is 2.71. The van der Waals surface area contributed by atoms with Gasteiger partial charge in [-0.2, -0.15) is 0 Å². The number of imidazole rings is 1. The number of hydrogen-bond donors (Lipinski definition) is 0. The molecular weight excluding hydrogens is 306 g/mol. The molecule has 0 spiro atoms. The summed E-state index contributed by atoms with van der Waals surface area (Å²) in [6.07, 6.45) is 8.08. The van der Waals surface area contributed by atoms with Crippen molar-refractivity contribution in [2.24, 2.45) is 0 Å². The van der Waals surface area contributed by atoms with Crippen LogP contribution in [0.5, 0.6) is 0 Å². The van der Waals surface area contributed by atoms with Gasteiger partial charge in [0.05, 0.1) is 10.9 Å². The van der Waals surface area contributed by atoms with Crippen LogP contribution in [0.2, 0.25) is 0 Å².